The van der Waals surface area contributed by atoms with Crippen LogP contribution in [0.15, 0.2) is 42.9 Å². The maximum atomic E-state index is 5.30. The number of rotatable bonds is 4. The van der Waals surface area contributed by atoms with Gasteiger partial charge in [0.15, 0.2) is 0 Å². The molecule has 0 radical (unpaired) electrons. The zero-order chi connectivity index (χ0) is 16.9. The lowest BCUT2D eigenvalue weighted by Crippen LogP contribution is -2.30. The Balaban J connectivity index is 1.34. The van der Waals surface area contributed by atoms with Gasteiger partial charge in [0.1, 0.15) is 0 Å². The van der Waals surface area contributed by atoms with Crippen LogP contribution in [0.5, 0.6) is 0 Å². The van der Waals surface area contributed by atoms with Crippen LogP contribution >= 0.6 is 0 Å². The van der Waals surface area contributed by atoms with Crippen LogP contribution in [0.4, 0.5) is 0 Å². The highest BCUT2D eigenvalue weighted by Crippen LogP contribution is 2.57. The van der Waals surface area contributed by atoms with Crippen LogP contribution in [-0.2, 0) is 23.6 Å². The van der Waals surface area contributed by atoms with Crippen LogP contribution in [0.1, 0.15) is 30.4 Å². The minimum Gasteiger partial charge on any atom is -0.501 e. The van der Waals surface area contributed by atoms with E-state index in [0.717, 1.165) is 19.6 Å². The molecular weight excluding hydrogens is 310 g/mol. The molecular formula is C21H25N3O. The Labute approximate surface area is 148 Å². The van der Waals surface area contributed by atoms with Gasteiger partial charge in [0.05, 0.1) is 19.1 Å². The predicted octanol–water partition coefficient (Wildman–Crippen LogP) is 3.18. The van der Waals surface area contributed by atoms with Gasteiger partial charge in [0, 0.05) is 36.8 Å². The Hall–Kier alpha value is -2.07. The van der Waals surface area contributed by atoms with Gasteiger partial charge in [-0.3, -0.25) is 4.68 Å². The monoisotopic (exact) mass is 335 g/mol. The molecule has 4 nitrogen and oxygen atoms in total. The molecule has 130 valence electrons. The quantitative estimate of drug-likeness (QED) is 0.933. The summed E-state index contributed by atoms with van der Waals surface area (Å²) in [5.74, 6) is 0.619. The summed E-state index contributed by atoms with van der Waals surface area (Å²) in [7, 11) is 1.98. The van der Waals surface area contributed by atoms with E-state index in [2.05, 4.69) is 40.9 Å². The molecule has 3 atom stereocenters. The van der Waals surface area contributed by atoms with E-state index < -0.39 is 0 Å². The van der Waals surface area contributed by atoms with Crippen molar-refractivity contribution in [3.8, 4) is 11.1 Å². The van der Waals surface area contributed by atoms with E-state index >= 15 is 0 Å². The molecule has 5 rings (SSSR count). The molecule has 1 N–H and O–H groups in total. The lowest BCUT2D eigenvalue weighted by molar-refractivity contribution is 0.206. The van der Waals surface area contributed by atoms with Gasteiger partial charge >= 0.3 is 0 Å². The Morgan fingerprint density at radius 1 is 1.36 bits per heavy atom. The molecule has 0 saturated heterocycles. The Kier molecular flexibility index (Phi) is 3.49. The van der Waals surface area contributed by atoms with Gasteiger partial charge in [0.2, 0.25) is 0 Å². The predicted molar refractivity (Wildman–Crippen MR) is 98.2 cm³/mol. The topological polar surface area (TPSA) is 39.1 Å². The number of benzene rings is 1. The molecule has 0 bridgehead atoms. The minimum atomic E-state index is 0.377. The molecule has 0 amide bonds. The van der Waals surface area contributed by atoms with E-state index in [1.165, 1.54) is 30.4 Å². The molecule has 1 aliphatic heterocycles. The van der Waals surface area contributed by atoms with Crippen molar-refractivity contribution >= 4 is 0 Å². The molecule has 1 spiro atoms. The summed E-state index contributed by atoms with van der Waals surface area (Å²) in [6.07, 6.45) is 13.1. The number of aromatic nitrogens is 2. The number of ether oxygens (including phenoxy) is 1. The smallest absolute Gasteiger partial charge is 0.0879 e. The van der Waals surface area contributed by atoms with E-state index in [1.54, 1.807) is 11.1 Å². The van der Waals surface area contributed by atoms with Crippen LogP contribution in [0.25, 0.3) is 11.1 Å². The largest absolute Gasteiger partial charge is 0.501 e. The van der Waals surface area contributed by atoms with Gasteiger partial charge in [-0.25, -0.2) is 0 Å². The van der Waals surface area contributed by atoms with Crippen LogP contribution in [0.2, 0.25) is 0 Å². The average Bonchev–Trinajstić information content (AvgIpc) is 2.97. The van der Waals surface area contributed by atoms with E-state index in [1.807, 2.05) is 24.2 Å². The van der Waals surface area contributed by atoms with Crippen LogP contribution in [0, 0.1) is 5.92 Å². The zero-order valence-electron chi connectivity index (χ0n) is 14.7. The maximum absolute atomic E-state index is 5.30. The van der Waals surface area contributed by atoms with Gasteiger partial charge < -0.3 is 10.1 Å². The van der Waals surface area contributed by atoms with Gasteiger partial charge in [-0.15, -0.1) is 0 Å². The first kappa shape index (κ1) is 15.2. The third kappa shape index (κ3) is 2.60. The van der Waals surface area contributed by atoms with Crippen LogP contribution in [-0.4, -0.2) is 29.0 Å². The fourth-order valence-electron chi connectivity index (χ4n) is 4.66. The Morgan fingerprint density at radius 2 is 2.32 bits per heavy atom. The number of nitrogens with zero attached hydrogens (tertiary/aromatic N) is 2. The number of aryl methyl sites for hydroxylation is 2. The van der Waals surface area contributed by atoms with E-state index in [4.69, 9.17) is 4.74 Å². The first-order valence-corrected chi connectivity index (χ1v) is 9.39. The van der Waals surface area contributed by atoms with Gasteiger partial charge in [-0.1, -0.05) is 18.2 Å². The standard InChI is InChI=1S/C21H25N3O/c1-24-14-18(13-23-24)17-3-2-16-4-7-21(19(16)10-17)11-20(21)22-12-15-5-8-25-9-6-15/h2-3,5,8,10,13-15,20,22H,4,6-7,9,11-12H2,1H3. The molecule has 2 aromatic rings. The number of hydrogen-bond donors (Lipinski definition) is 1. The molecule has 1 saturated carbocycles. The second-order valence-corrected chi connectivity index (χ2v) is 7.84. The second kappa shape index (κ2) is 5.73. The molecule has 25 heavy (non-hydrogen) atoms. The molecule has 1 aromatic carbocycles. The Morgan fingerprint density at radius 3 is 3.12 bits per heavy atom. The van der Waals surface area contributed by atoms with Crippen molar-refractivity contribution in [3.63, 3.8) is 0 Å². The third-order valence-electron chi connectivity index (χ3n) is 6.28. The maximum Gasteiger partial charge on any atom is 0.0879 e. The first-order chi connectivity index (χ1) is 12.2. The number of fused-ring (bicyclic) bond motifs is 2. The van der Waals surface area contributed by atoms with Gasteiger partial charge in [-0.05, 0) is 54.4 Å². The van der Waals surface area contributed by atoms with Crippen molar-refractivity contribution < 1.29 is 4.74 Å². The van der Waals surface area contributed by atoms with Crippen LogP contribution < -0.4 is 5.32 Å². The van der Waals surface area contributed by atoms with Crippen molar-refractivity contribution in [2.45, 2.75) is 37.1 Å². The highest BCUT2D eigenvalue weighted by atomic mass is 16.5. The SMILES string of the molecule is Cn1cc(-c2ccc3c(c2)C2(CC3)CC2NCC2C=COCC2)cn1. The van der Waals surface area contributed by atoms with Crippen molar-refractivity contribution in [2.75, 3.05) is 13.2 Å². The molecule has 2 heterocycles. The fourth-order valence-corrected chi connectivity index (χ4v) is 4.66. The fraction of sp³-hybridized carbons (Fsp3) is 0.476. The lowest BCUT2D eigenvalue weighted by Gasteiger charge is -2.19. The first-order valence-electron chi connectivity index (χ1n) is 9.39. The molecule has 4 heteroatoms. The summed E-state index contributed by atoms with van der Waals surface area (Å²) < 4.78 is 7.18. The summed E-state index contributed by atoms with van der Waals surface area (Å²) in [6.45, 7) is 1.93. The van der Waals surface area contributed by atoms with Crippen molar-refractivity contribution in [1.82, 2.24) is 15.1 Å². The third-order valence-corrected chi connectivity index (χ3v) is 6.28. The van der Waals surface area contributed by atoms with Crippen LogP contribution in [0.3, 0.4) is 0 Å². The summed E-state index contributed by atoms with van der Waals surface area (Å²) >= 11 is 0. The molecule has 3 unspecified atom stereocenters. The second-order valence-electron chi connectivity index (χ2n) is 7.84. The van der Waals surface area contributed by atoms with Crippen molar-refractivity contribution in [1.29, 1.82) is 0 Å². The normalized spacial score (nSPS) is 29.6. The molecule has 1 fully saturated rings. The highest BCUT2D eigenvalue weighted by Gasteiger charge is 2.57. The average molecular weight is 335 g/mol. The molecule has 1 aromatic heterocycles. The lowest BCUT2D eigenvalue weighted by atomic mass is 9.94. The van der Waals surface area contributed by atoms with Crippen molar-refractivity contribution in [2.24, 2.45) is 13.0 Å². The minimum absolute atomic E-state index is 0.377. The van der Waals surface area contributed by atoms with Gasteiger partial charge in [-0.2, -0.15) is 5.10 Å². The number of nitrogens with one attached hydrogen (secondary N) is 1. The summed E-state index contributed by atoms with van der Waals surface area (Å²) in [5.41, 5.74) is 6.01. The summed E-state index contributed by atoms with van der Waals surface area (Å²) in [6, 6.07) is 7.65. The Bertz CT molecular complexity index is 824. The summed E-state index contributed by atoms with van der Waals surface area (Å²) in [5, 5.41) is 8.16. The van der Waals surface area contributed by atoms with E-state index in [-0.39, 0.29) is 0 Å². The van der Waals surface area contributed by atoms with Gasteiger partial charge in [0.25, 0.3) is 0 Å². The van der Waals surface area contributed by atoms with E-state index in [9.17, 15) is 0 Å². The molecule has 2 aliphatic carbocycles. The van der Waals surface area contributed by atoms with Crippen molar-refractivity contribution in [3.05, 3.63) is 54.1 Å². The summed E-state index contributed by atoms with van der Waals surface area (Å²) in [4.78, 5) is 0. The number of hydrogen-bond acceptors (Lipinski definition) is 3. The molecule has 3 aliphatic rings. The van der Waals surface area contributed by atoms with E-state index in [0.29, 0.717) is 17.4 Å². The highest BCUT2D eigenvalue weighted by molar-refractivity contribution is 5.66. The zero-order valence-corrected chi connectivity index (χ0v) is 14.7.